The monoisotopic (exact) mass is 279 g/mol. The van der Waals surface area contributed by atoms with Crippen LogP contribution in [0, 0.1) is 5.53 Å². The highest BCUT2D eigenvalue weighted by atomic mass is 16.3. The topological polar surface area (TPSA) is 118 Å². The Balaban J connectivity index is 2.51. The van der Waals surface area contributed by atoms with Gasteiger partial charge in [0, 0.05) is 22.4 Å². The lowest BCUT2D eigenvalue weighted by atomic mass is 10.0. The standard InChI is InChI=1S/C14H9N5O2/c15-17-13-9-6(2-1-3-8(9)20)11-10-7(14(21)19-18-11)4-5-16-12(10)13/h1-5,15-16,19,21H. The van der Waals surface area contributed by atoms with Crippen LogP contribution < -0.4 is 5.43 Å². The molecule has 4 N–H and O–H groups in total. The molecule has 0 aliphatic carbocycles. The van der Waals surface area contributed by atoms with E-state index in [1.807, 2.05) is 0 Å². The number of nitrogens with zero attached hydrogens (tertiary/aromatic N) is 2. The summed E-state index contributed by atoms with van der Waals surface area (Å²) in [6, 6.07) is 6.52. The Morgan fingerprint density at radius 1 is 1.19 bits per heavy atom. The Kier molecular flexibility index (Phi) is 2.15. The molecule has 102 valence electrons. The van der Waals surface area contributed by atoms with Gasteiger partial charge in [0.2, 0.25) is 5.88 Å². The highest BCUT2D eigenvalue weighted by molar-refractivity contribution is 6.24. The number of aromatic nitrogens is 3. The number of hydrogen-bond acceptors (Lipinski definition) is 5. The molecule has 4 rings (SSSR count). The van der Waals surface area contributed by atoms with Crippen LogP contribution in [-0.4, -0.2) is 20.3 Å². The third-order valence-electron chi connectivity index (χ3n) is 3.63. The molecule has 7 heteroatoms. The number of benzene rings is 2. The van der Waals surface area contributed by atoms with Crippen LogP contribution in [0.5, 0.6) is 5.88 Å². The normalized spacial score (nSPS) is 11.4. The van der Waals surface area contributed by atoms with Gasteiger partial charge in [-0.25, -0.2) is 10.6 Å². The van der Waals surface area contributed by atoms with E-state index in [1.54, 1.807) is 24.4 Å². The lowest BCUT2D eigenvalue weighted by Crippen LogP contribution is -2.01. The first-order chi connectivity index (χ1) is 10.2. The zero-order chi connectivity index (χ0) is 14.6. The first-order valence-electron chi connectivity index (χ1n) is 6.23. The van der Waals surface area contributed by atoms with Gasteiger partial charge >= 0.3 is 0 Å². The van der Waals surface area contributed by atoms with Crippen LogP contribution in [0.2, 0.25) is 0 Å². The van der Waals surface area contributed by atoms with Gasteiger partial charge in [-0.3, -0.25) is 4.79 Å². The number of H-pyrrole nitrogens is 2. The molecule has 4 aromatic rings. The minimum Gasteiger partial charge on any atom is -0.493 e. The van der Waals surface area contributed by atoms with Crippen LogP contribution in [0.1, 0.15) is 0 Å². The maximum Gasteiger partial charge on any atom is 0.213 e. The largest absolute Gasteiger partial charge is 0.493 e. The van der Waals surface area contributed by atoms with Gasteiger partial charge in [-0.05, 0) is 12.1 Å². The Bertz CT molecular complexity index is 1090. The number of fused-ring (bicyclic) bond motifs is 2. The van der Waals surface area contributed by atoms with Crippen LogP contribution in [0.4, 0.5) is 5.69 Å². The zero-order valence-electron chi connectivity index (χ0n) is 10.6. The Morgan fingerprint density at radius 3 is 2.86 bits per heavy atom. The Hall–Kier alpha value is -3.22. The smallest absolute Gasteiger partial charge is 0.213 e. The highest BCUT2D eigenvalue weighted by Crippen LogP contribution is 2.39. The summed E-state index contributed by atoms with van der Waals surface area (Å²) < 4.78 is 0. The van der Waals surface area contributed by atoms with E-state index in [4.69, 9.17) is 5.53 Å². The van der Waals surface area contributed by atoms with Crippen LogP contribution in [0.3, 0.4) is 0 Å². The fourth-order valence-corrected chi connectivity index (χ4v) is 2.76. The van der Waals surface area contributed by atoms with Crippen molar-refractivity contribution in [1.82, 2.24) is 15.2 Å². The van der Waals surface area contributed by atoms with E-state index < -0.39 is 0 Å². The summed E-state index contributed by atoms with van der Waals surface area (Å²) in [5.41, 5.74) is 8.51. The van der Waals surface area contributed by atoms with Gasteiger partial charge in [0.15, 0.2) is 5.43 Å². The number of aromatic amines is 2. The molecular formula is C14H9N5O2. The average Bonchev–Trinajstić information content (AvgIpc) is 2.51. The summed E-state index contributed by atoms with van der Waals surface area (Å²) in [7, 11) is 0. The second-order valence-corrected chi connectivity index (χ2v) is 4.70. The molecule has 2 heterocycles. The van der Waals surface area contributed by atoms with Gasteiger partial charge < -0.3 is 10.1 Å². The van der Waals surface area contributed by atoms with Gasteiger partial charge in [0.05, 0.1) is 10.9 Å². The van der Waals surface area contributed by atoms with Crippen LogP contribution in [0.15, 0.2) is 40.4 Å². The van der Waals surface area contributed by atoms with E-state index in [1.165, 1.54) is 6.07 Å². The van der Waals surface area contributed by atoms with Gasteiger partial charge in [-0.2, -0.15) is 10.2 Å². The quantitative estimate of drug-likeness (QED) is 0.243. The summed E-state index contributed by atoms with van der Waals surface area (Å²) in [5, 5.41) is 22.3. The minimum absolute atomic E-state index is 0.0740. The van der Waals surface area contributed by atoms with E-state index in [2.05, 4.69) is 20.3 Å². The van der Waals surface area contributed by atoms with E-state index in [0.717, 1.165) is 0 Å². The lowest BCUT2D eigenvalue weighted by molar-refractivity contribution is 0.453. The summed E-state index contributed by atoms with van der Waals surface area (Å²) in [4.78, 5) is 15.2. The Labute approximate surface area is 116 Å². The minimum atomic E-state index is -0.218. The SMILES string of the molecule is N=Nc1c2[nH]ccc3c(O)[nH]nc(c4cccc(=O)c14)c32. The molecule has 0 saturated carbocycles. The van der Waals surface area contributed by atoms with Gasteiger partial charge in [-0.1, -0.05) is 12.1 Å². The number of pyridine rings is 1. The summed E-state index contributed by atoms with van der Waals surface area (Å²) >= 11 is 0. The van der Waals surface area contributed by atoms with Crippen LogP contribution >= 0.6 is 0 Å². The molecule has 0 radical (unpaired) electrons. The van der Waals surface area contributed by atoms with Crippen molar-refractivity contribution >= 4 is 38.3 Å². The fourth-order valence-electron chi connectivity index (χ4n) is 2.76. The zero-order valence-corrected chi connectivity index (χ0v) is 10.6. The first kappa shape index (κ1) is 11.6. The third kappa shape index (κ3) is 1.37. The predicted octanol–water partition coefficient (Wildman–Crippen LogP) is 2.93. The predicted molar refractivity (Wildman–Crippen MR) is 78.2 cm³/mol. The maximum atomic E-state index is 12.2. The molecule has 0 saturated heterocycles. The maximum absolute atomic E-state index is 12.2. The second-order valence-electron chi connectivity index (χ2n) is 4.70. The second kappa shape index (κ2) is 3.89. The average molecular weight is 279 g/mol. The van der Waals surface area contributed by atoms with Crippen molar-refractivity contribution in [3.63, 3.8) is 0 Å². The Morgan fingerprint density at radius 2 is 2.05 bits per heavy atom. The van der Waals surface area contributed by atoms with Crippen molar-refractivity contribution in [2.45, 2.75) is 0 Å². The first-order valence-corrected chi connectivity index (χ1v) is 6.23. The fraction of sp³-hybridized carbons (Fsp3) is 0. The molecule has 2 aromatic heterocycles. The van der Waals surface area contributed by atoms with Gasteiger partial charge in [0.1, 0.15) is 11.2 Å². The molecule has 0 spiro atoms. The third-order valence-corrected chi connectivity index (χ3v) is 3.63. The van der Waals surface area contributed by atoms with Crippen molar-refractivity contribution in [3.05, 3.63) is 40.7 Å². The molecule has 0 bridgehead atoms. The lowest BCUT2D eigenvalue weighted by Gasteiger charge is -2.11. The van der Waals surface area contributed by atoms with Crippen molar-refractivity contribution in [2.75, 3.05) is 0 Å². The number of rotatable bonds is 1. The number of nitrogens with one attached hydrogen (secondary N) is 3. The van der Waals surface area contributed by atoms with Crippen molar-refractivity contribution < 1.29 is 5.11 Å². The summed E-state index contributed by atoms with van der Waals surface area (Å²) in [5.74, 6) is -0.0740. The molecule has 2 aromatic carbocycles. The molecule has 0 fully saturated rings. The van der Waals surface area contributed by atoms with E-state index in [9.17, 15) is 9.90 Å². The molecule has 0 aliphatic rings. The molecule has 7 nitrogen and oxygen atoms in total. The van der Waals surface area contributed by atoms with Crippen molar-refractivity contribution in [3.8, 4) is 5.88 Å². The number of hydrogen-bond donors (Lipinski definition) is 4. The summed E-state index contributed by atoms with van der Waals surface area (Å²) in [6.45, 7) is 0. The van der Waals surface area contributed by atoms with E-state index in [0.29, 0.717) is 32.6 Å². The molecule has 0 unspecified atom stereocenters. The van der Waals surface area contributed by atoms with Crippen LogP contribution in [-0.2, 0) is 0 Å². The number of aromatic hydroxyl groups is 1. The van der Waals surface area contributed by atoms with Gasteiger partial charge in [0.25, 0.3) is 0 Å². The van der Waals surface area contributed by atoms with E-state index >= 15 is 0 Å². The van der Waals surface area contributed by atoms with E-state index in [-0.39, 0.29) is 17.0 Å². The molecule has 0 aliphatic heterocycles. The molecular weight excluding hydrogens is 270 g/mol. The molecule has 21 heavy (non-hydrogen) atoms. The van der Waals surface area contributed by atoms with Crippen molar-refractivity contribution in [1.29, 1.82) is 5.53 Å². The summed E-state index contributed by atoms with van der Waals surface area (Å²) in [6.07, 6.45) is 1.62. The van der Waals surface area contributed by atoms with Gasteiger partial charge in [-0.15, -0.1) is 0 Å². The highest BCUT2D eigenvalue weighted by Gasteiger charge is 2.18. The van der Waals surface area contributed by atoms with Crippen LogP contribution in [0.25, 0.3) is 32.6 Å². The molecule has 0 atom stereocenters. The van der Waals surface area contributed by atoms with Crippen molar-refractivity contribution in [2.24, 2.45) is 5.11 Å². The molecule has 0 amide bonds.